The van der Waals surface area contributed by atoms with Crippen LogP contribution in [0.15, 0.2) is 57.4 Å². The molecule has 0 spiro atoms. The molecule has 0 unspecified atom stereocenters. The molecule has 4 rings (SSSR count). The summed E-state index contributed by atoms with van der Waals surface area (Å²) in [6.45, 7) is 4.15. The molecule has 2 aromatic heterocycles. The first-order valence-electron chi connectivity index (χ1n) is 11.8. The molecular weight excluding hydrogens is 508 g/mol. The van der Waals surface area contributed by atoms with Crippen molar-refractivity contribution in [3.8, 4) is 28.7 Å². The summed E-state index contributed by atoms with van der Waals surface area (Å²) in [4.78, 5) is 20.6. The van der Waals surface area contributed by atoms with Crippen LogP contribution in [0.4, 0.5) is 5.13 Å². The molecule has 0 amide bonds. The van der Waals surface area contributed by atoms with Crippen molar-refractivity contribution in [2.24, 2.45) is 5.10 Å². The van der Waals surface area contributed by atoms with Gasteiger partial charge in [-0.3, -0.25) is 10.2 Å². The van der Waals surface area contributed by atoms with Gasteiger partial charge in [-0.15, -0.1) is 11.3 Å². The second-order valence-corrected chi connectivity index (χ2v) is 8.77. The molecule has 0 aliphatic heterocycles. The van der Waals surface area contributed by atoms with Crippen molar-refractivity contribution in [2.75, 3.05) is 26.3 Å². The van der Waals surface area contributed by atoms with Gasteiger partial charge in [0.1, 0.15) is 35.3 Å². The lowest BCUT2D eigenvalue weighted by molar-refractivity contribution is -0.142. The Labute approximate surface area is 224 Å². The van der Waals surface area contributed by atoms with E-state index >= 15 is 0 Å². The molecule has 2 heterocycles. The molecule has 2 aromatic carbocycles. The van der Waals surface area contributed by atoms with Gasteiger partial charge in [-0.05, 0) is 44.2 Å². The van der Waals surface area contributed by atoms with Crippen LogP contribution >= 0.6 is 11.3 Å². The zero-order valence-corrected chi connectivity index (χ0v) is 22.3. The number of esters is 1. The number of aromatic nitrogens is 2. The highest BCUT2D eigenvalue weighted by Crippen LogP contribution is 2.34. The third-order valence-corrected chi connectivity index (χ3v) is 6.16. The smallest absolute Gasteiger partial charge is 0.311 e. The summed E-state index contributed by atoms with van der Waals surface area (Å²) in [7, 11) is 3.19. The number of nitrogens with one attached hydrogen (secondary N) is 1. The maximum absolute atomic E-state index is 11.6. The van der Waals surface area contributed by atoms with Gasteiger partial charge in [0.2, 0.25) is 11.0 Å². The molecule has 0 radical (unpaired) electrons. The second-order valence-electron chi connectivity index (χ2n) is 7.91. The molecule has 0 saturated heterocycles. The summed E-state index contributed by atoms with van der Waals surface area (Å²) in [6, 6.07) is 12.9. The number of hydrogen-bond donors (Lipinski definition) is 1. The van der Waals surface area contributed by atoms with Crippen LogP contribution in [0.5, 0.6) is 17.2 Å². The predicted molar refractivity (Wildman–Crippen MR) is 144 cm³/mol. The first-order valence-corrected chi connectivity index (χ1v) is 12.7. The minimum atomic E-state index is -0.309. The summed E-state index contributed by atoms with van der Waals surface area (Å²) in [5.41, 5.74) is 5.63. The number of oxazole rings is 1. The average molecular weight is 537 g/mol. The van der Waals surface area contributed by atoms with Crippen LogP contribution in [0.25, 0.3) is 11.5 Å². The number of aryl methyl sites for hydroxylation is 1. The largest absolute Gasteiger partial charge is 0.497 e. The van der Waals surface area contributed by atoms with Crippen LogP contribution in [0.3, 0.4) is 0 Å². The molecule has 4 aromatic rings. The van der Waals surface area contributed by atoms with Crippen molar-refractivity contribution in [3.63, 3.8) is 0 Å². The fourth-order valence-electron chi connectivity index (χ4n) is 3.48. The SMILES string of the molecule is CCOC(=O)Cc1csc(NN=Cc2ccccc2OCc2nc(-c3cc(OC)ccc3OC)oc2C)n1. The Hall–Kier alpha value is -4.38. The van der Waals surface area contributed by atoms with E-state index in [9.17, 15) is 4.79 Å². The van der Waals surface area contributed by atoms with Gasteiger partial charge in [-0.1, -0.05) is 12.1 Å². The maximum atomic E-state index is 11.6. The van der Waals surface area contributed by atoms with Crippen LogP contribution in [0, 0.1) is 6.92 Å². The number of carbonyl (C=O) groups excluding carboxylic acids is 1. The summed E-state index contributed by atoms with van der Waals surface area (Å²) < 4.78 is 27.7. The minimum Gasteiger partial charge on any atom is -0.497 e. The first-order chi connectivity index (χ1) is 18.5. The number of benzene rings is 2. The fourth-order valence-corrected chi connectivity index (χ4v) is 4.14. The lowest BCUT2D eigenvalue weighted by Gasteiger charge is -2.08. The van der Waals surface area contributed by atoms with Crippen LogP contribution < -0.4 is 19.6 Å². The lowest BCUT2D eigenvalue weighted by Crippen LogP contribution is -2.07. The molecule has 0 fully saturated rings. The van der Waals surface area contributed by atoms with E-state index in [1.165, 1.54) is 11.3 Å². The number of ether oxygens (including phenoxy) is 4. The van der Waals surface area contributed by atoms with E-state index in [4.69, 9.17) is 23.4 Å². The Morgan fingerprint density at radius 3 is 2.76 bits per heavy atom. The summed E-state index contributed by atoms with van der Waals surface area (Å²) >= 11 is 1.35. The lowest BCUT2D eigenvalue weighted by atomic mass is 10.2. The average Bonchev–Trinajstić information content (AvgIpc) is 3.53. The molecule has 198 valence electrons. The number of carbonyl (C=O) groups is 1. The van der Waals surface area contributed by atoms with Crippen molar-refractivity contribution in [1.82, 2.24) is 9.97 Å². The number of hydrazone groups is 1. The molecule has 0 aliphatic carbocycles. The van der Waals surface area contributed by atoms with Crippen LogP contribution in [-0.4, -0.2) is 43.0 Å². The highest BCUT2D eigenvalue weighted by Gasteiger charge is 2.17. The Morgan fingerprint density at radius 1 is 1.13 bits per heavy atom. The third-order valence-electron chi connectivity index (χ3n) is 5.36. The quantitative estimate of drug-likeness (QED) is 0.147. The summed E-state index contributed by atoms with van der Waals surface area (Å²) in [5, 5.41) is 6.63. The number of rotatable bonds is 12. The van der Waals surface area contributed by atoms with Gasteiger partial charge in [-0.2, -0.15) is 5.10 Å². The first kappa shape index (κ1) is 26.7. The van der Waals surface area contributed by atoms with Crippen LogP contribution in [0.2, 0.25) is 0 Å². The van der Waals surface area contributed by atoms with E-state index < -0.39 is 0 Å². The molecule has 0 bridgehead atoms. The van der Waals surface area contributed by atoms with Crippen LogP contribution in [0.1, 0.15) is 29.6 Å². The Morgan fingerprint density at radius 2 is 1.97 bits per heavy atom. The van der Waals surface area contributed by atoms with E-state index in [-0.39, 0.29) is 19.0 Å². The molecule has 38 heavy (non-hydrogen) atoms. The van der Waals surface area contributed by atoms with Gasteiger partial charge in [0.05, 0.1) is 44.7 Å². The predicted octanol–water partition coefficient (Wildman–Crippen LogP) is 5.25. The summed E-state index contributed by atoms with van der Waals surface area (Å²) in [6.07, 6.45) is 1.77. The second kappa shape index (κ2) is 12.7. The van der Waals surface area contributed by atoms with Gasteiger partial charge < -0.3 is 23.4 Å². The van der Waals surface area contributed by atoms with Crippen molar-refractivity contribution in [3.05, 3.63) is 70.6 Å². The van der Waals surface area contributed by atoms with Gasteiger partial charge in [-0.25, -0.2) is 9.97 Å². The number of thiazole rings is 1. The number of para-hydroxylation sites is 1. The van der Waals surface area contributed by atoms with E-state index in [1.54, 1.807) is 38.8 Å². The number of methoxy groups -OCH3 is 2. The third kappa shape index (κ3) is 6.68. The minimum absolute atomic E-state index is 0.125. The van der Waals surface area contributed by atoms with Crippen molar-refractivity contribution in [2.45, 2.75) is 26.9 Å². The standard InChI is InChI=1S/C27H28N4O6S/c1-5-35-25(32)12-19-16-38-27(29-19)31-28-14-18-8-6-7-9-23(18)36-15-22-17(2)37-26(30-22)21-13-20(33-3)10-11-24(21)34-4/h6-11,13-14,16H,5,12,15H2,1-4H3,(H,29,31). The Kier molecular flexibility index (Phi) is 8.94. The number of anilines is 1. The molecule has 10 nitrogen and oxygen atoms in total. The van der Waals surface area contributed by atoms with E-state index in [2.05, 4.69) is 20.5 Å². The fraction of sp³-hybridized carbons (Fsp3) is 0.259. The zero-order chi connectivity index (χ0) is 26.9. The Bertz CT molecular complexity index is 1410. The van der Waals surface area contributed by atoms with Gasteiger partial charge in [0, 0.05) is 10.9 Å². The van der Waals surface area contributed by atoms with Crippen molar-refractivity contribution < 1.29 is 28.2 Å². The molecule has 0 aliphatic rings. The zero-order valence-electron chi connectivity index (χ0n) is 21.5. The van der Waals surface area contributed by atoms with Crippen LogP contribution in [-0.2, 0) is 22.6 Å². The summed E-state index contributed by atoms with van der Waals surface area (Å²) in [5.74, 6) is 2.67. The highest BCUT2D eigenvalue weighted by molar-refractivity contribution is 7.13. The van der Waals surface area contributed by atoms with Gasteiger partial charge in [0.15, 0.2) is 0 Å². The molecule has 1 N–H and O–H groups in total. The highest BCUT2D eigenvalue weighted by atomic mass is 32.1. The molecular formula is C27H28N4O6S. The van der Waals surface area contributed by atoms with E-state index in [0.717, 1.165) is 5.56 Å². The van der Waals surface area contributed by atoms with Crippen molar-refractivity contribution in [1.29, 1.82) is 0 Å². The monoisotopic (exact) mass is 536 g/mol. The van der Waals surface area contributed by atoms with Crippen molar-refractivity contribution >= 4 is 28.7 Å². The molecule has 11 heteroatoms. The van der Waals surface area contributed by atoms with E-state index in [1.807, 2.05) is 43.3 Å². The maximum Gasteiger partial charge on any atom is 0.311 e. The van der Waals surface area contributed by atoms with E-state index in [0.29, 0.717) is 57.6 Å². The number of hydrogen-bond acceptors (Lipinski definition) is 11. The van der Waals surface area contributed by atoms with Gasteiger partial charge in [0.25, 0.3) is 0 Å². The normalized spacial score (nSPS) is 10.9. The van der Waals surface area contributed by atoms with Gasteiger partial charge >= 0.3 is 5.97 Å². The molecule has 0 atom stereocenters. The molecule has 0 saturated carbocycles. The topological polar surface area (TPSA) is 117 Å². The number of nitrogens with zero attached hydrogens (tertiary/aromatic N) is 3. The Balaban J connectivity index is 1.42.